The van der Waals surface area contributed by atoms with E-state index in [1.165, 1.54) is 0 Å². The lowest BCUT2D eigenvalue weighted by molar-refractivity contribution is -0.0624. The third-order valence-electron chi connectivity index (χ3n) is 4.64. The summed E-state index contributed by atoms with van der Waals surface area (Å²) in [6.07, 6.45) is 5.63. The lowest BCUT2D eigenvalue weighted by Crippen LogP contribution is -2.53. The van der Waals surface area contributed by atoms with Crippen LogP contribution in [0.3, 0.4) is 0 Å². The maximum Gasteiger partial charge on any atom is 0.410 e. The first-order valence-corrected chi connectivity index (χ1v) is 8.41. The Labute approximate surface area is 141 Å². The number of ether oxygens (including phenoxy) is 1. The lowest BCUT2D eigenvalue weighted by Gasteiger charge is -2.44. The summed E-state index contributed by atoms with van der Waals surface area (Å²) in [5.41, 5.74) is -0.821. The second-order valence-electron chi connectivity index (χ2n) is 7.57. The molecule has 2 saturated heterocycles. The molecule has 1 aromatic rings. The van der Waals surface area contributed by atoms with E-state index in [4.69, 9.17) is 16.3 Å². The molecule has 2 atom stereocenters. The molecule has 2 unspecified atom stereocenters. The van der Waals surface area contributed by atoms with Crippen LogP contribution in [0.2, 0.25) is 5.02 Å². The highest BCUT2D eigenvalue weighted by Crippen LogP contribution is 2.47. The van der Waals surface area contributed by atoms with Gasteiger partial charge in [-0.25, -0.2) is 4.79 Å². The van der Waals surface area contributed by atoms with Gasteiger partial charge in [0.05, 0.1) is 10.6 Å². The van der Waals surface area contributed by atoms with Gasteiger partial charge in [0, 0.05) is 42.9 Å². The Morgan fingerprint density at radius 1 is 1.39 bits per heavy atom. The summed E-state index contributed by atoms with van der Waals surface area (Å²) in [6.45, 7) is 5.59. The molecule has 0 radical (unpaired) electrons. The van der Waals surface area contributed by atoms with E-state index in [1.54, 1.807) is 18.5 Å². The summed E-state index contributed by atoms with van der Waals surface area (Å²) in [5.74, 6) is 0. The molecule has 1 aromatic heterocycles. The van der Waals surface area contributed by atoms with Crippen molar-refractivity contribution in [3.05, 3.63) is 29.0 Å². The van der Waals surface area contributed by atoms with E-state index >= 15 is 0 Å². The van der Waals surface area contributed by atoms with Gasteiger partial charge >= 0.3 is 6.09 Å². The van der Waals surface area contributed by atoms with Crippen LogP contribution in [0.1, 0.15) is 52.0 Å². The van der Waals surface area contributed by atoms with Gasteiger partial charge in [0.15, 0.2) is 0 Å². The van der Waals surface area contributed by atoms with Crippen LogP contribution in [0.4, 0.5) is 4.79 Å². The molecule has 0 aliphatic carbocycles. The zero-order valence-corrected chi connectivity index (χ0v) is 14.5. The molecule has 1 N–H and O–H groups in total. The van der Waals surface area contributed by atoms with E-state index in [0.29, 0.717) is 23.4 Å². The first-order chi connectivity index (χ1) is 10.7. The highest BCUT2D eigenvalue weighted by atomic mass is 35.5. The minimum absolute atomic E-state index is 0.0159. The summed E-state index contributed by atoms with van der Waals surface area (Å²) in [4.78, 5) is 18.3. The zero-order valence-electron chi connectivity index (χ0n) is 13.8. The van der Waals surface area contributed by atoms with E-state index in [2.05, 4.69) is 4.98 Å². The van der Waals surface area contributed by atoms with Gasteiger partial charge in [-0.15, -0.1) is 0 Å². The van der Waals surface area contributed by atoms with E-state index in [0.717, 1.165) is 12.8 Å². The van der Waals surface area contributed by atoms with Gasteiger partial charge in [-0.05, 0) is 39.7 Å². The molecule has 1 amide bonds. The van der Waals surface area contributed by atoms with Crippen molar-refractivity contribution in [2.75, 3.05) is 0 Å². The van der Waals surface area contributed by atoms with Gasteiger partial charge in [0.1, 0.15) is 5.60 Å². The Hall–Kier alpha value is -1.33. The Kier molecular flexibility index (Phi) is 4.05. The van der Waals surface area contributed by atoms with Gasteiger partial charge in [0.2, 0.25) is 0 Å². The largest absolute Gasteiger partial charge is 0.444 e. The van der Waals surface area contributed by atoms with E-state index in [9.17, 15) is 9.90 Å². The maximum absolute atomic E-state index is 12.5. The third kappa shape index (κ3) is 3.17. The van der Waals surface area contributed by atoms with E-state index in [1.807, 2.05) is 25.7 Å². The highest BCUT2D eigenvalue weighted by molar-refractivity contribution is 6.31. The summed E-state index contributed by atoms with van der Waals surface area (Å²) < 4.78 is 5.52. The summed E-state index contributed by atoms with van der Waals surface area (Å²) in [7, 11) is 0. The second kappa shape index (κ2) is 5.64. The number of nitrogens with zero attached hydrogens (tertiary/aromatic N) is 2. The standard InChI is InChI=1S/C17H23ClN2O3/c1-16(2,3)23-15(21)20-11-4-5-12(20)9-17(22,8-11)13-6-7-19-10-14(13)18/h6-7,10-12,22H,4-5,8-9H2,1-3H3. The summed E-state index contributed by atoms with van der Waals surface area (Å²) in [5, 5.41) is 11.6. The third-order valence-corrected chi connectivity index (χ3v) is 4.95. The molecule has 2 bridgehead atoms. The van der Waals surface area contributed by atoms with Gasteiger partial charge in [-0.3, -0.25) is 4.98 Å². The number of aliphatic hydroxyl groups is 1. The van der Waals surface area contributed by atoms with Crippen LogP contribution in [0.15, 0.2) is 18.5 Å². The fourth-order valence-electron chi connectivity index (χ4n) is 3.81. The Balaban J connectivity index is 1.82. The van der Waals surface area contributed by atoms with Crippen molar-refractivity contribution in [3.63, 3.8) is 0 Å². The number of pyridine rings is 1. The van der Waals surface area contributed by atoms with Gasteiger partial charge < -0.3 is 14.7 Å². The molecule has 23 heavy (non-hydrogen) atoms. The summed E-state index contributed by atoms with van der Waals surface area (Å²) >= 11 is 6.22. The van der Waals surface area contributed by atoms with Crippen molar-refractivity contribution < 1.29 is 14.6 Å². The van der Waals surface area contributed by atoms with Crippen LogP contribution < -0.4 is 0 Å². The van der Waals surface area contributed by atoms with Crippen molar-refractivity contribution in [1.82, 2.24) is 9.88 Å². The van der Waals surface area contributed by atoms with E-state index in [-0.39, 0.29) is 18.2 Å². The van der Waals surface area contributed by atoms with Crippen molar-refractivity contribution in [1.29, 1.82) is 0 Å². The first-order valence-electron chi connectivity index (χ1n) is 8.03. The van der Waals surface area contributed by atoms with Crippen LogP contribution in [-0.2, 0) is 10.3 Å². The molecule has 0 spiro atoms. The normalized spacial score (nSPS) is 30.4. The second-order valence-corrected chi connectivity index (χ2v) is 7.98. The predicted octanol–water partition coefficient (Wildman–Crippen LogP) is 3.48. The number of halogens is 1. The molecule has 5 nitrogen and oxygen atoms in total. The van der Waals surface area contributed by atoms with Gasteiger partial charge in [-0.1, -0.05) is 11.6 Å². The van der Waals surface area contributed by atoms with Crippen LogP contribution in [0.25, 0.3) is 0 Å². The SMILES string of the molecule is CC(C)(C)OC(=O)N1C2CCC1CC(O)(c1ccncc1Cl)C2. The Morgan fingerprint density at radius 2 is 2.00 bits per heavy atom. The number of carbonyl (C=O) groups is 1. The fraction of sp³-hybridized carbons (Fsp3) is 0.647. The first kappa shape index (κ1) is 16.5. The topological polar surface area (TPSA) is 62.7 Å². The molecule has 6 heteroatoms. The number of rotatable bonds is 1. The van der Waals surface area contributed by atoms with Gasteiger partial charge in [-0.2, -0.15) is 0 Å². The van der Waals surface area contributed by atoms with Gasteiger partial charge in [0.25, 0.3) is 0 Å². The maximum atomic E-state index is 12.5. The number of fused-ring (bicyclic) bond motifs is 2. The summed E-state index contributed by atoms with van der Waals surface area (Å²) in [6, 6.07) is 1.74. The molecular formula is C17H23ClN2O3. The Bertz CT molecular complexity index is 600. The number of hydrogen-bond donors (Lipinski definition) is 1. The quantitative estimate of drug-likeness (QED) is 0.851. The molecule has 2 aliphatic heterocycles. The predicted molar refractivity (Wildman–Crippen MR) is 87.3 cm³/mol. The fourth-order valence-corrected chi connectivity index (χ4v) is 4.11. The number of amides is 1. The Morgan fingerprint density at radius 3 is 2.52 bits per heavy atom. The zero-order chi connectivity index (χ0) is 16.8. The molecule has 126 valence electrons. The van der Waals surface area contributed by atoms with Crippen molar-refractivity contribution in [3.8, 4) is 0 Å². The van der Waals surface area contributed by atoms with Crippen LogP contribution in [-0.4, -0.2) is 38.8 Å². The highest BCUT2D eigenvalue weighted by Gasteiger charge is 2.51. The molecule has 3 heterocycles. The van der Waals surface area contributed by atoms with E-state index < -0.39 is 11.2 Å². The number of hydrogen-bond acceptors (Lipinski definition) is 4. The smallest absolute Gasteiger partial charge is 0.410 e. The molecular weight excluding hydrogens is 316 g/mol. The minimum Gasteiger partial charge on any atom is -0.444 e. The molecule has 3 rings (SSSR count). The average Bonchev–Trinajstić information content (AvgIpc) is 2.70. The number of piperidine rings is 1. The monoisotopic (exact) mass is 338 g/mol. The number of carbonyl (C=O) groups excluding carboxylic acids is 1. The van der Waals surface area contributed by atoms with Crippen LogP contribution in [0, 0.1) is 0 Å². The molecule has 2 fully saturated rings. The van der Waals surface area contributed by atoms with Crippen LogP contribution >= 0.6 is 11.6 Å². The van der Waals surface area contributed by atoms with Crippen molar-refractivity contribution >= 4 is 17.7 Å². The molecule has 0 saturated carbocycles. The molecule has 0 aromatic carbocycles. The lowest BCUT2D eigenvalue weighted by atomic mass is 9.81. The molecule has 2 aliphatic rings. The van der Waals surface area contributed by atoms with Crippen LogP contribution in [0.5, 0.6) is 0 Å². The van der Waals surface area contributed by atoms with Crippen molar-refractivity contribution in [2.24, 2.45) is 0 Å². The van der Waals surface area contributed by atoms with Crippen molar-refractivity contribution in [2.45, 2.75) is 69.7 Å². The average molecular weight is 339 g/mol. The minimum atomic E-state index is -1.01. The number of aromatic nitrogens is 1.